The zero-order chi connectivity index (χ0) is 15.3. The van der Waals surface area contributed by atoms with Crippen LogP contribution in [-0.4, -0.2) is 21.9 Å². The number of H-pyrrole nitrogens is 2. The molecule has 2 aliphatic rings. The van der Waals surface area contributed by atoms with Gasteiger partial charge in [0.15, 0.2) is 0 Å². The molecule has 1 aromatic heterocycles. The average molecular weight is 299 g/mol. The van der Waals surface area contributed by atoms with Gasteiger partial charge < -0.3 is 10.1 Å². The quantitative estimate of drug-likeness (QED) is 0.646. The van der Waals surface area contributed by atoms with Crippen LogP contribution in [0.25, 0.3) is 0 Å². The number of rotatable bonds is 2. The fraction of sp³-hybridized carbons (Fsp3) is 0.267. The van der Waals surface area contributed by atoms with E-state index >= 15 is 0 Å². The lowest BCUT2D eigenvalue weighted by atomic mass is 10.0. The highest BCUT2D eigenvalue weighted by Crippen LogP contribution is 2.33. The number of amides is 1. The van der Waals surface area contributed by atoms with Crippen LogP contribution in [0.1, 0.15) is 34.3 Å². The first kappa shape index (κ1) is 12.9. The van der Waals surface area contributed by atoms with Crippen LogP contribution in [0.15, 0.2) is 27.8 Å². The van der Waals surface area contributed by atoms with Crippen molar-refractivity contribution >= 4 is 5.91 Å². The standard InChI is InChI=1S/C15H13N3O4/c19-12(16-9-2-3-9)7-1-4-11-8(5-7)6-10-13(20)17-15(21)18-14(10)22-11/h1,4-5,9H,2-3,6H2,(H,16,19)(H2,17,18,20,21). The first-order valence-electron chi connectivity index (χ1n) is 7.07. The minimum absolute atomic E-state index is 0.119. The number of carbonyl (C=O) groups excluding carboxylic acids is 1. The first-order chi connectivity index (χ1) is 10.6. The Kier molecular flexibility index (Phi) is 2.69. The fourth-order valence-corrected chi connectivity index (χ4v) is 2.49. The van der Waals surface area contributed by atoms with Crippen molar-refractivity contribution < 1.29 is 9.53 Å². The van der Waals surface area contributed by atoms with Gasteiger partial charge in [-0.3, -0.25) is 19.6 Å². The van der Waals surface area contributed by atoms with Crippen LogP contribution in [0.3, 0.4) is 0 Å². The maximum atomic E-state index is 12.1. The fourth-order valence-electron chi connectivity index (χ4n) is 2.49. The highest BCUT2D eigenvalue weighted by atomic mass is 16.5. The molecule has 7 heteroatoms. The maximum Gasteiger partial charge on any atom is 0.328 e. The molecule has 1 fully saturated rings. The molecule has 2 heterocycles. The summed E-state index contributed by atoms with van der Waals surface area (Å²) in [7, 11) is 0. The molecule has 0 atom stereocenters. The highest BCUT2D eigenvalue weighted by molar-refractivity contribution is 5.95. The minimum atomic E-state index is -0.604. The van der Waals surface area contributed by atoms with Crippen LogP contribution in [0, 0.1) is 0 Å². The summed E-state index contributed by atoms with van der Waals surface area (Å²) in [5.74, 6) is 0.583. The van der Waals surface area contributed by atoms with E-state index in [1.54, 1.807) is 18.2 Å². The third-order valence-electron chi connectivity index (χ3n) is 3.82. The van der Waals surface area contributed by atoms with Gasteiger partial charge in [0.05, 0.1) is 5.56 Å². The van der Waals surface area contributed by atoms with E-state index in [1.807, 2.05) is 0 Å². The number of nitrogens with one attached hydrogen (secondary N) is 3. The predicted octanol–water partition coefficient (Wildman–Crippen LogP) is 0.652. The molecule has 112 valence electrons. The predicted molar refractivity (Wildman–Crippen MR) is 77.5 cm³/mol. The third kappa shape index (κ3) is 2.20. The van der Waals surface area contributed by atoms with Crippen molar-refractivity contribution in [1.29, 1.82) is 0 Å². The lowest BCUT2D eigenvalue weighted by Gasteiger charge is -2.19. The second kappa shape index (κ2) is 4.59. The Morgan fingerprint density at radius 3 is 2.82 bits per heavy atom. The Morgan fingerprint density at radius 2 is 2.05 bits per heavy atom. The van der Waals surface area contributed by atoms with Gasteiger partial charge in [-0.05, 0) is 31.0 Å². The second-order valence-electron chi connectivity index (χ2n) is 5.57. The Hall–Kier alpha value is -2.83. The second-order valence-corrected chi connectivity index (χ2v) is 5.57. The van der Waals surface area contributed by atoms with E-state index in [1.165, 1.54) is 0 Å². The molecule has 1 saturated carbocycles. The van der Waals surface area contributed by atoms with E-state index in [-0.39, 0.29) is 17.8 Å². The molecule has 0 spiro atoms. The number of hydrogen-bond donors (Lipinski definition) is 3. The van der Waals surface area contributed by atoms with E-state index in [9.17, 15) is 14.4 Å². The van der Waals surface area contributed by atoms with Crippen LogP contribution >= 0.6 is 0 Å². The summed E-state index contributed by atoms with van der Waals surface area (Å²) >= 11 is 0. The molecule has 1 aromatic carbocycles. The summed E-state index contributed by atoms with van der Waals surface area (Å²) in [4.78, 5) is 39.8. The average Bonchev–Trinajstić information content (AvgIpc) is 3.29. The molecule has 1 aliphatic carbocycles. The summed E-state index contributed by atoms with van der Waals surface area (Å²) < 4.78 is 5.56. The molecule has 7 nitrogen and oxygen atoms in total. The lowest BCUT2D eigenvalue weighted by molar-refractivity contribution is 0.0951. The molecule has 0 unspecified atom stereocenters. The molecule has 1 amide bonds. The third-order valence-corrected chi connectivity index (χ3v) is 3.82. The largest absolute Gasteiger partial charge is 0.440 e. The molecule has 0 bridgehead atoms. The monoisotopic (exact) mass is 299 g/mol. The molecular weight excluding hydrogens is 286 g/mol. The zero-order valence-electron chi connectivity index (χ0n) is 11.6. The zero-order valence-corrected chi connectivity index (χ0v) is 11.6. The van der Waals surface area contributed by atoms with Gasteiger partial charge in [0.2, 0.25) is 5.88 Å². The Bertz CT molecular complexity index is 892. The van der Waals surface area contributed by atoms with Crippen molar-refractivity contribution in [2.75, 3.05) is 0 Å². The van der Waals surface area contributed by atoms with Gasteiger partial charge in [-0.25, -0.2) is 4.79 Å². The molecule has 0 radical (unpaired) electrons. The Balaban J connectivity index is 1.69. The number of hydrogen-bond acceptors (Lipinski definition) is 4. The van der Waals surface area contributed by atoms with Crippen molar-refractivity contribution in [2.24, 2.45) is 0 Å². The Morgan fingerprint density at radius 1 is 1.23 bits per heavy atom. The van der Waals surface area contributed by atoms with Crippen molar-refractivity contribution in [1.82, 2.24) is 15.3 Å². The molecular formula is C15H13N3O4. The summed E-state index contributed by atoms with van der Waals surface area (Å²) in [5, 5.41) is 2.92. The molecule has 3 N–H and O–H groups in total. The summed E-state index contributed by atoms with van der Waals surface area (Å²) in [6, 6.07) is 5.36. The number of carbonyl (C=O) groups is 1. The molecule has 2 aromatic rings. The number of benzene rings is 1. The first-order valence-corrected chi connectivity index (χ1v) is 7.07. The molecule has 4 rings (SSSR count). The molecule has 0 saturated heterocycles. The molecule has 22 heavy (non-hydrogen) atoms. The van der Waals surface area contributed by atoms with Gasteiger partial charge in [-0.15, -0.1) is 0 Å². The van der Waals surface area contributed by atoms with Crippen LogP contribution in [0.5, 0.6) is 11.6 Å². The van der Waals surface area contributed by atoms with Crippen molar-refractivity contribution in [3.05, 3.63) is 55.7 Å². The van der Waals surface area contributed by atoms with Crippen LogP contribution in [0.4, 0.5) is 0 Å². The van der Waals surface area contributed by atoms with Gasteiger partial charge in [0.25, 0.3) is 11.5 Å². The van der Waals surface area contributed by atoms with E-state index in [4.69, 9.17) is 4.74 Å². The highest BCUT2D eigenvalue weighted by Gasteiger charge is 2.25. The van der Waals surface area contributed by atoms with E-state index in [2.05, 4.69) is 15.3 Å². The van der Waals surface area contributed by atoms with E-state index in [0.717, 1.165) is 18.4 Å². The topological polar surface area (TPSA) is 104 Å². The Labute approximate surface area is 124 Å². The van der Waals surface area contributed by atoms with Gasteiger partial charge in [0.1, 0.15) is 5.75 Å². The van der Waals surface area contributed by atoms with Gasteiger partial charge >= 0.3 is 5.69 Å². The maximum absolute atomic E-state index is 12.1. The van der Waals surface area contributed by atoms with Gasteiger partial charge in [-0.1, -0.05) is 0 Å². The number of aromatic amines is 2. The molecule has 1 aliphatic heterocycles. The van der Waals surface area contributed by atoms with Crippen molar-refractivity contribution in [3.8, 4) is 11.6 Å². The SMILES string of the molecule is O=C(NC1CC1)c1ccc2c(c1)Cc1c([nH]c(=O)[nH]c1=O)O2. The smallest absolute Gasteiger partial charge is 0.328 e. The number of fused-ring (bicyclic) bond motifs is 2. The minimum Gasteiger partial charge on any atom is -0.440 e. The lowest BCUT2D eigenvalue weighted by Crippen LogP contribution is -2.28. The summed E-state index contributed by atoms with van der Waals surface area (Å²) in [5.41, 5.74) is 0.559. The van der Waals surface area contributed by atoms with Crippen molar-refractivity contribution in [3.63, 3.8) is 0 Å². The van der Waals surface area contributed by atoms with Crippen LogP contribution in [0.2, 0.25) is 0 Å². The van der Waals surface area contributed by atoms with E-state index < -0.39 is 11.2 Å². The van der Waals surface area contributed by atoms with Gasteiger partial charge in [0, 0.05) is 23.6 Å². The summed E-state index contributed by atoms with van der Waals surface area (Å²) in [6.45, 7) is 0. The number of ether oxygens (including phenoxy) is 1. The van der Waals surface area contributed by atoms with Crippen molar-refractivity contribution in [2.45, 2.75) is 25.3 Å². The van der Waals surface area contributed by atoms with Gasteiger partial charge in [-0.2, -0.15) is 0 Å². The summed E-state index contributed by atoms with van der Waals surface area (Å²) in [6.07, 6.45) is 2.35. The van der Waals surface area contributed by atoms with Crippen LogP contribution in [-0.2, 0) is 6.42 Å². The number of aromatic nitrogens is 2. The van der Waals surface area contributed by atoms with Crippen LogP contribution < -0.4 is 21.3 Å². The van der Waals surface area contributed by atoms with E-state index in [0.29, 0.717) is 23.3 Å². The normalized spacial score (nSPS) is 15.5.